The molecule has 0 aromatic carbocycles. The fourth-order valence-electron chi connectivity index (χ4n) is 5.20. The Morgan fingerprint density at radius 1 is 1.17 bits per heavy atom. The normalized spacial score (nSPS) is 26.4. The summed E-state index contributed by atoms with van der Waals surface area (Å²) in [5.74, 6) is 1.50. The third kappa shape index (κ3) is 4.96. The number of imidazole rings is 1. The average Bonchev–Trinajstić information content (AvgIpc) is 3.48. The minimum atomic E-state index is -0.779. The van der Waals surface area contributed by atoms with Gasteiger partial charge in [0.15, 0.2) is 0 Å². The molecule has 2 atom stereocenters. The Bertz CT molecular complexity index is 739. The van der Waals surface area contributed by atoms with Crippen LogP contribution in [0.2, 0.25) is 0 Å². The first-order valence-corrected chi connectivity index (χ1v) is 11.6. The van der Waals surface area contributed by atoms with E-state index in [0.717, 1.165) is 70.3 Å². The zero-order valence-electron chi connectivity index (χ0n) is 18.0. The van der Waals surface area contributed by atoms with Crippen molar-refractivity contribution in [2.75, 3.05) is 19.6 Å². The fraction of sp³-hybridized carbons (Fsp3) is 0.773. The number of amides is 2. The maximum absolute atomic E-state index is 12.2. The van der Waals surface area contributed by atoms with Gasteiger partial charge in [-0.2, -0.15) is 0 Å². The fourth-order valence-corrected chi connectivity index (χ4v) is 5.20. The number of carboxylic acid groups (broad SMARTS) is 1. The maximum atomic E-state index is 12.2. The molecule has 0 radical (unpaired) electrons. The summed E-state index contributed by atoms with van der Waals surface area (Å²) in [6.07, 6.45) is 11.1. The molecule has 2 saturated heterocycles. The molecule has 2 aliphatic heterocycles. The predicted octanol–water partition coefficient (Wildman–Crippen LogP) is 2.65. The number of nitrogens with zero attached hydrogens (tertiary/aromatic N) is 4. The van der Waals surface area contributed by atoms with Crippen LogP contribution in [0.3, 0.4) is 0 Å². The van der Waals surface area contributed by atoms with Crippen molar-refractivity contribution in [2.45, 2.75) is 88.9 Å². The van der Waals surface area contributed by atoms with E-state index in [9.17, 15) is 14.7 Å². The number of likely N-dealkylation sites (tertiary alicyclic amines) is 2. The van der Waals surface area contributed by atoms with E-state index in [0.29, 0.717) is 31.1 Å². The summed E-state index contributed by atoms with van der Waals surface area (Å²) in [5, 5.41) is 12.6. The van der Waals surface area contributed by atoms with E-state index in [2.05, 4.69) is 22.1 Å². The van der Waals surface area contributed by atoms with E-state index in [1.54, 1.807) is 4.90 Å². The molecule has 30 heavy (non-hydrogen) atoms. The quantitative estimate of drug-likeness (QED) is 0.743. The lowest BCUT2D eigenvalue weighted by molar-refractivity contribution is -0.121. The summed E-state index contributed by atoms with van der Waals surface area (Å²) >= 11 is 0. The highest BCUT2D eigenvalue weighted by atomic mass is 16.4. The number of carbonyl (C=O) groups excluding carboxylic acids is 1. The van der Waals surface area contributed by atoms with Crippen molar-refractivity contribution in [3.05, 3.63) is 18.2 Å². The topological polar surface area (TPSA) is 90.7 Å². The highest BCUT2D eigenvalue weighted by molar-refractivity contribution is 5.76. The molecule has 3 heterocycles. The molecule has 1 aromatic rings. The molecule has 1 saturated carbocycles. The van der Waals surface area contributed by atoms with E-state index < -0.39 is 6.09 Å². The lowest BCUT2D eigenvalue weighted by Gasteiger charge is -2.38. The summed E-state index contributed by atoms with van der Waals surface area (Å²) in [4.78, 5) is 32.6. The lowest BCUT2D eigenvalue weighted by Crippen LogP contribution is -2.45. The van der Waals surface area contributed by atoms with Gasteiger partial charge in [-0.25, -0.2) is 9.78 Å². The SMILES string of the molecule is CCC1CC(N2CCC(c3nccn3CC(=O)NC3CC3)CC2)CCCN1C(=O)O. The van der Waals surface area contributed by atoms with Gasteiger partial charge in [-0.15, -0.1) is 0 Å². The van der Waals surface area contributed by atoms with Crippen LogP contribution in [0.25, 0.3) is 0 Å². The smallest absolute Gasteiger partial charge is 0.407 e. The van der Waals surface area contributed by atoms with Crippen LogP contribution in [0.1, 0.15) is 70.0 Å². The van der Waals surface area contributed by atoms with Crippen molar-refractivity contribution < 1.29 is 14.7 Å². The van der Waals surface area contributed by atoms with Crippen LogP contribution < -0.4 is 5.32 Å². The second kappa shape index (κ2) is 9.37. The minimum absolute atomic E-state index is 0.0845. The standard InChI is InChI=1S/C22H35N5O3/c1-2-18-14-19(4-3-10-27(18)22(29)30)25-11-7-16(8-12-25)21-23-9-13-26(21)15-20(28)24-17-5-6-17/h9,13,16-19H,2-8,10-12,14-15H2,1H3,(H,24,28)(H,29,30). The third-order valence-corrected chi connectivity index (χ3v) is 7.05. The minimum Gasteiger partial charge on any atom is -0.465 e. The van der Waals surface area contributed by atoms with Crippen LogP contribution in [0.4, 0.5) is 4.79 Å². The Morgan fingerprint density at radius 3 is 2.60 bits per heavy atom. The molecule has 4 rings (SSSR count). The number of rotatable bonds is 6. The van der Waals surface area contributed by atoms with Crippen molar-refractivity contribution in [3.8, 4) is 0 Å². The third-order valence-electron chi connectivity index (χ3n) is 7.05. The molecule has 0 bridgehead atoms. The van der Waals surface area contributed by atoms with Crippen molar-refractivity contribution in [1.82, 2.24) is 24.7 Å². The monoisotopic (exact) mass is 417 g/mol. The van der Waals surface area contributed by atoms with Gasteiger partial charge in [-0.1, -0.05) is 6.92 Å². The van der Waals surface area contributed by atoms with E-state index in [4.69, 9.17) is 0 Å². The van der Waals surface area contributed by atoms with Gasteiger partial charge in [0, 0.05) is 43.0 Å². The lowest BCUT2D eigenvalue weighted by atomic mass is 9.92. The van der Waals surface area contributed by atoms with Crippen molar-refractivity contribution in [3.63, 3.8) is 0 Å². The molecule has 8 nitrogen and oxygen atoms in total. The zero-order valence-corrected chi connectivity index (χ0v) is 18.0. The number of carbonyl (C=O) groups is 2. The second-order valence-corrected chi connectivity index (χ2v) is 9.14. The van der Waals surface area contributed by atoms with Gasteiger partial charge < -0.3 is 24.8 Å². The predicted molar refractivity (Wildman–Crippen MR) is 113 cm³/mol. The summed E-state index contributed by atoms with van der Waals surface area (Å²) < 4.78 is 2.02. The summed E-state index contributed by atoms with van der Waals surface area (Å²) in [5.41, 5.74) is 0. The van der Waals surface area contributed by atoms with E-state index >= 15 is 0 Å². The molecule has 2 N–H and O–H groups in total. The molecular formula is C22H35N5O3. The molecule has 3 aliphatic rings. The Labute approximate surface area is 178 Å². The van der Waals surface area contributed by atoms with Crippen molar-refractivity contribution in [2.24, 2.45) is 0 Å². The highest BCUT2D eigenvalue weighted by Crippen LogP contribution is 2.31. The maximum Gasteiger partial charge on any atom is 0.407 e. The van der Waals surface area contributed by atoms with Gasteiger partial charge in [-0.3, -0.25) is 4.79 Å². The summed E-state index contributed by atoms with van der Waals surface area (Å²) in [7, 11) is 0. The van der Waals surface area contributed by atoms with Gasteiger partial charge in [0.25, 0.3) is 0 Å². The molecule has 8 heteroatoms. The van der Waals surface area contributed by atoms with Crippen LogP contribution >= 0.6 is 0 Å². The van der Waals surface area contributed by atoms with Crippen molar-refractivity contribution in [1.29, 1.82) is 0 Å². The number of hydrogen-bond donors (Lipinski definition) is 2. The van der Waals surface area contributed by atoms with Gasteiger partial charge >= 0.3 is 6.09 Å². The highest BCUT2D eigenvalue weighted by Gasteiger charge is 2.33. The van der Waals surface area contributed by atoms with E-state index in [1.807, 2.05) is 17.0 Å². The summed E-state index contributed by atoms with van der Waals surface area (Å²) in [6.45, 7) is 5.13. The zero-order chi connectivity index (χ0) is 21.1. The van der Waals surface area contributed by atoms with Gasteiger partial charge in [0.05, 0.1) is 0 Å². The molecule has 3 fully saturated rings. The Kier molecular flexibility index (Phi) is 6.61. The van der Waals surface area contributed by atoms with Gasteiger partial charge in [0.1, 0.15) is 12.4 Å². The van der Waals surface area contributed by atoms with Crippen LogP contribution in [0.15, 0.2) is 12.4 Å². The Hall–Kier alpha value is -2.09. The number of piperidine rings is 1. The van der Waals surface area contributed by atoms with Crippen molar-refractivity contribution >= 4 is 12.0 Å². The van der Waals surface area contributed by atoms with Gasteiger partial charge in [-0.05, 0) is 64.5 Å². The van der Waals surface area contributed by atoms with Crippen LogP contribution in [-0.2, 0) is 11.3 Å². The van der Waals surface area contributed by atoms with Crippen LogP contribution in [0.5, 0.6) is 0 Å². The molecule has 1 aromatic heterocycles. The van der Waals surface area contributed by atoms with E-state index in [-0.39, 0.29) is 11.9 Å². The largest absolute Gasteiger partial charge is 0.465 e. The molecule has 2 amide bonds. The molecule has 2 unspecified atom stereocenters. The Morgan fingerprint density at radius 2 is 1.93 bits per heavy atom. The van der Waals surface area contributed by atoms with Crippen LogP contribution in [-0.4, -0.2) is 74.2 Å². The first-order valence-electron chi connectivity index (χ1n) is 11.6. The van der Waals surface area contributed by atoms with Gasteiger partial charge in [0.2, 0.25) is 5.91 Å². The van der Waals surface area contributed by atoms with Crippen LogP contribution in [0, 0.1) is 0 Å². The van der Waals surface area contributed by atoms with E-state index in [1.165, 1.54) is 0 Å². The number of aromatic nitrogens is 2. The Balaban J connectivity index is 1.32. The molecule has 0 spiro atoms. The molecule has 1 aliphatic carbocycles. The number of hydrogen-bond acceptors (Lipinski definition) is 4. The second-order valence-electron chi connectivity index (χ2n) is 9.14. The molecule has 166 valence electrons. The average molecular weight is 418 g/mol. The summed E-state index contributed by atoms with van der Waals surface area (Å²) in [6, 6.07) is 0.970. The number of nitrogens with one attached hydrogen (secondary N) is 1. The first kappa shape index (κ1) is 21.2. The molecular weight excluding hydrogens is 382 g/mol. The first-order chi connectivity index (χ1) is 14.5.